The van der Waals surface area contributed by atoms with Gasteiger partial charge in [-0.3, -0.25) is 0 Å². The first kappa shape index (κ1) is 31.0. The van der Waals surface area contributed by atoms with Crippen molar-refractivity contribution < 1.29 is 0 Å². The van der Waals surface area contributed by atoms with Crippen molar-refractivity contribution in [3.05, 3.63) is 69.4 Å². The van der Waals surface area contributed by atoms with Crippen LogP contribution < -0.4 is 0 Å². The molecule has 0 aliphatic rings. The Hall–Kier alpha value is -3.66. The first-order chi connectivity index (χ1) is 22.6. The lowest BCUT2D eigenvalue weighted by molar-refractivity contribution is 0.670. The molecule has 7 rings (SSSR count). The Morgan fingerprint density at radius 2 is 1.00 bits per heavy atom. The summed E-state index contributed by atoms with van der Waals surface area (Å²) in [6.45, 7) is 4.52. The van der Waals surface area contributed by atoms with Crippen LogP contribution in [-0.4, -0.2) is 9.97 Å². The van der Waals surface area contributed by atoms with E-state index in [1.165, 1.54) is 90.0 Å². The zero-order valence-electron chi connectivity index (χ0n) is 26.1. The molecular weight excluding hydrogens is 641 g/mol. The van der Waals surface area contributed by atoms with Crippen LogP contribution in [0.4, 0.5) is 0 Å². The first-order valence-corrected chi connectivity index (χ1v) is 19.5. The number of rotatable bonds is 12. The number of aromatic nitrogens is 2. The smallest absolute Gasteiger partial charge is 0.101 e. The Morgan fingerprint density at radius 1 is 0.543 bits per heavy atom. The van der Waals surface area contributed by atoms with Gasteiger partial charge in [0.15, 0.2) is 0 Å². The summed E-state index contributed by atoms with van der Waals surface area (Å²) >= 11 is 7.52. The molecule has 7 aromatic rings. The maximum Gasteiger partial charge on any atom is 0.101 e. The van der Waals surface area contributed by atoms with E-state index < -0.39 is 0 Å². The monoisotopic (exact) mass is 674 g/mol. The largest absolute Gasteiger partial charge is 0.244 e. The minimum absolute atomic E-state index is 0.332. The van der Waals surface area contributed by atoms with Crippen molar-refractivity contribution in [2.75, 3.05) is 0 Å². The molecule has 0 aliphatic heterocycles. The molecule has 0 fully saturated rings. The van der Waals surface area contributed by atoms with Crippen LogP contribution in [-0.2, 0) is 12.8 Å². The van der Waals surface area contributed by atoms with E-state index in [-0.39, 0.29) is 0 Å². The summed E-state index contributed by atoms with van der Waals surface area (Å²) in [5.74, 6) is 0. The molecule has 0 saturated carbocycles. The van der Waals surface area contributed by atoms with Crippen molar-refractivity contribution in [2.24, 2.45) is 0 Å². The zero-order valence-corrected chi connectivity index (χ0v) is 29.4. The summed E-state index contributed by atoms with van der Waals surface area (Å²) in [6.07, 6.45) is 12.5. The lowest BCUT2D eigenvalue weighted by Gasteiger charge is -2.05. The van der Waals surface area contributed by atoms with Crippen LogP contribution in [0.1, 0.15) is 86.1 Å². The van der Waals surface area contributed by atoms with Crippen molar-refractivity contribution in [3.63, 3.8) is 0 Å². The fraction of sp³-hybridized carbons (Fsp3) is 0.316. The molecule has 4 nitrogen and oxygen atoms in total. The van der Waals surface area contributed by atoms with Gasteiger partial charge in [-0.15, -0.1) is 45.3 Å². The summed E-state index contributed by atoms with van der Waals surface area (Å²) in [5.41, 5.74) is 3.66. The Kier molecular flexibility index (Phi) is 9.15. The predicted molar refractivity (Wildman–Crippen MR) is 200 cm³/mol. The van der Waals surface area contributed by atoms with E-state index in [2.05, 4.69) is 62.4 Å². The summed E-state index contributed by atoms with van der Waals surface area (Å²) < 4.78 is 2.48. The first-order valence-electron chi connectivity index (χ1n) is 16.2. The quantitative estimate of drug-likeness (QED) is 0.0955. The van der Waals surface area contributed by atoms with Crippen LogP contribution in [0, 0.1) is 22.7 Å². The van der Waals surface area contributed by atoms with Gasteiger partial charge in [0.25, 0.3) is 0 Å². The van der Waals surface area contributed by atoms with E-state index in [1.807, 2.05) is 45.3 Å². The highest BCUT2D eigenvalue weighted by Crippen LogP contribution is 2.48. The van der Waals surface area contributed by atoms with Gasteiger partial charge in [-0.1, -0.05) is 52.4 Å². The molecule has 0 aliphatic carbocycles. The molecule has 8 heteroatoms. The number of benzene rings is 2. The van der Waals surface area contributed by atoms with Crippen LogP contribution in [0.5, 0.6) is 0 Å². The fourth-order valence-corrected chi connectivity index (χ4v) is 10.9. The molecule has 2 aromatic carbocycles. The third-order valence-electron chi connectivity index (χ3n) is 8.59. The van der Waals surface area contributed by atoms with Gasteiger partial charge in [0.05, 0.1) is 42.6 Å². The minimum Gasteiger partial charge on any atom is -0.244 e. The summed E-state index contributed by atoms with van der Waals surface area (Å²) in [6, 6.07) is 21.5. The molecule has 0 bridgehead atoms. The topological polar surface area (TPSA) is 73.4 Å². The number of hydrogen-bond acceptors (Lipinski definition) is 8. The average molecular weight is 675 g/mol. The van der Waals surface area contributed by atoms with E-state index in [1.54, 1.807) is 12.1 Å². The van der Waals surface area contributed by atoms with Gasteiger partial charge >= 0.3 is 0 Å². The van der Waals surface area contributed by atoms with E-state index >= 15 is 0 Å². The maximum absolute atomic E-state index is 9.69. The molecule has 5 aromatic heterocycles. The molecule has 230 valence electrons. The Balaban J connectivity index is 1.37. The fourth-order valence-electron chi connectivity index (χ4n) is 6.12. The van der Waals surface area contributed by atoms with Gasteiger partial charge in [0, 0.05) is 40.0 Å². The number of unbranched alkanes of at least 4 members (excludes halogenated alkanes) is 6. The maximum atomic E-state index is 9.69. The van der Waals surface area contributed by atoms with E-state index in [0.717, 1.165) is 34.6 Å². The Labute approximate surface area is 285 Å². The number of aryl methyl sites for hydroxylation is 2. The minimum atomic E-state index is 0.332. The van der Waals surface area contributed by atoms with Crippen LogP contribution >= 0.6 is 45.3 Å². The SMILES string of the molecule is CCCCCCc1ccc(-c2cc3c4nc5cc(C#N)c(C#N)cc5nc4c4cc(-c5ccc(CCCCCC)s5)sc4c3s2)s1. The normalized spacial score (nSPS) is 11.7. The standard InChI is InChI=1S/C38H34N4S4/c1-3-5-7-9-11-25-13-15-31(43-25)33-19-27-35-36(42-30-18-24(22-40)23(21-39)17-29(30)41-35)28-20-34(46-38(28)37(27)45-33)32-16-14-26(44-32)12-10-8-6-4-2/h13-20H,3-12H2,1-2H3. The van der Waals surface area contributed by atoms with Crippen molar-refractivity contribution >= 4 is 87.6 Å². The predicted octanol–water partition coefficient (Wildman–Crippen LogP) is 12.7. The molecule has 0 saturated heterocycles. The number of hydrogen-bond donors (Lipinski definition) is 0. The zero-order chi connectivity index (χ0) is 31.6. The molecule has 5 heterocycles. The van der Waals surface area contributed by atoms with Crippen molar-refractivity contribution in [2.45, 2.75) is 78.1 Å². The van der Waals surface area contributed by atoms with Gasteiger partial charge in [-0.25, -0.2) is 9.97 Å². The second kappa shape index (κ2) is 13.6. The summed E-state index contributed by atoms with van der Waals surface area (Å²) in [4.78, 5) is 18.3. The molecule has 0 spiro atoms. The van der Waals surface area contributed by atoms with E-state index in [4.69, 9.17) is 9.97 Å². The molecule has 0 unspecified atom stereocenters. The molecule has 0 atom stereocenters. The van der Waals surface area contributed by atoms with Crippen LogP contribution in [0.15, 0.2) is 48.5 Å². The molecule has 0 radical (unpaired) electrons. The van der Waals surface area contributed by atoms with E-state index in [0.29, 0.717) is 22.2 Å². The van der Waals surface area contributed by atoms with E-state index in [9.17, 15) is 10.5 Å². The van der Waals surface area contributed by atoms with Crippen LogP contribution in [0.2, 0.25) is 0 Å². The number of fused-ring (bicyclic) bond motifs is 7. The van der Waals surface area contributed by atoms with Crippen molar-refractivity contribution in [3.8, 4) is 31.6 Å². The average Bonchev–Trinajstić information content (AvgIpc) is 3.89. The van der Waals surface area contributed by atoms with Crippen LogP contribution in [0.25, 0.3) is 61.7 Å². The highest BCUT2D eigenvalue weighted by molar-refractivity contribution is 7.32. The lowest BCUT2D eigenvalue weighted by Crippen LogP contribution is -1.92. The highest BCUT2D eigenvalue weighted by atomic mass is 32.1. The van der Waals surface area contributed by atoms with Gasteiger partial charge in [-0.05, 0) is 74.2 Å². The number of thiophene rings is 4. The van der Waals surface area contributed by atoms with Gasteiger partial charge < -0.3 is 0 Å². The third-order valence-corrected chi connectivity index (χ3v) is 13.7. The van der Waals surface area contributed by atoms with Crippen molar-refractivity contribution in [1.29, 1.82) is 10.5 Å². The van der Waals surface area contributed by atoms with Crippen molar-refractivity contribution in [1.82, 2.24) is 9.97 Å². The van der Waals surface area contributed by atoms with Gasteiger partial charge in [0.2, 0.25) is 0 Å². The second-order valence-electron chi connectivity index (χ2n) is 11.9. The second-order valence-corrected chi connectivity index (χ2v) is 16.3. The third kappa shape index (κ3) is 5.96. The molecule has 0 N–H and O–H groups in total. The molecular formula is C38H34N4S4. The Morgan fingerprint density at radius 3 is 1.41 bits per heavy atom. The molecule has 46 heavy (non-hydrogen) atoms. The Bertz CT molecular complexity index is 2120. The van der Waals surface area contributed by atoms with Crippen LogP contribution in [0.3, 0.4) is 0 Å². The van der Waals surface area contributed by atoms with Gasteiger partial charge in [-0.2, -0.15) is 10.5 Å². The summed E-state index contributed by atoms with van der Waals surface area (Å²) in [7, 11) is 0. The number of nitriles is 2. The molecule has 0 amide bonds. The lowest BCUT2D eigenvalue weighted by atomic mass is 10.1. The van der Waals surface area contributed by atoms with Gasteiger partial charge in [0.1, 0.15) is 12.1 Å². The highest BCUT2D eigenvalue weighted by Gasteiger charge is 2.21. The number of nitrogens with zero attached hydrogens (tertiary/aromatic N) is 4. The summed E-state index contributed by atoms with van der Waals surface area (Å²) in [5, 5.41) is 21.6.